The van der Waals surface area contributed by atoms with E-state index in [9.17, 15) is 17.6 Å². The van der Waals surface area contributed by atoms with Crippen LogP contribution in [0.15, 0.2) is 77.7 Å². The van der Waals surface area contributed by atoms with E-state index in [0.717, 1.165) is 16.7 Å². The van der Waals surface area contributed by atoms with E-state index in [1.165, 1.54) is 24.3 Å². The highest BCUT2D eigenvalue weighted by Gasteiger charge is 2.28. The summed E-state index contributed by atoms with van der Waals surface area (Å²) in [6, 6.07) is 18.5. The molecule has 0 unspecified atom stereocenters. The Kier molecular flexibility index (Phi) is 7.84. The molecule has 0 aliphatic heterocycles. The lowest BCUT2D eigenvalue weighted by Crippen LogP contribution is -2.49. The van der Waals surface area contributed by atoms with Crippen LogP contribution >= 0.6 is 0 Å². The van der Waals surface area contributed by atoms with E-state index in [1.807, 2.05) is 12.1 Å². The van der Waals surface area contributed by atoms with Gasteiger partial charge in [-0.05, 0) is 59.0 Å². The number of hydrogen-bond donors (Lipinski definition) is 2. The normalized spacial score (nSPS) is 12.4. The highest BCUT2D eigenvalue weighted by atomic mass is 32.2. The molecule has 8 heteroatoms. The molecule has 0 radical (unpaired) electrons. The molecule has 0 aliphatic rings. The summed E-state index contributed by atoms with van der Waals surface area (Å²) >= 11 is 0. The summed E-state index contributed by atoms with van der Waals surface area (Å²) in [7, 11) is -2.38. The van der Waals surface area contributed by atoms with Crippen molar-refractivity contribution in [1.29, 1.82) is 0 Å². The third-order valence-corrected chi connectivity index (χ3v) is 6.63. The number of hydrogen-bond acceptors (Lipinski definition) is 4. The molecule has 33 heavy (non-hydrogen) atoms. The van der Waals surface area contributed by atoms with Crippen molar-refractivity contribution in [3.63, 3.8) is 0 Å². The molecule has 3 aromatic carbocycles. The first-order chi connectivity index (χ1) is 15.7. The molecule has 0 fully saturated rings. The van der Waals surface area contributed by atoms with E-state index >= 15 is 0 Å². The summed E-state index contributed by atoms with van der Waals surface area (Å²) < 4.78 is 46.7. The summed E-state index contributed by atoms with van der Waals surface area (Å²) in [6.07, 6.45) is 0. The SMILES string of the molecule is COc1cccc(CNC(=O)[C@@H](NS(=O)(=O)c2ccc(-c3ccc(F)cc3)cc2)C(C)C)c1. The fourth-order valence-corrected chi connectivity index (χ4v) is 4.62. The van der Waals surface area contributed by atoms with E-state index in [4.69, 9.17) is 4.74 Å². The Bertz CT molecular complexity index is 1190. The molecule has 0 heterocycles. The molecule has 174 valence electrons. The fraction of sp³-hybridized carbons (Fsp3) is 0.240. The number of methoxy groups -OCH3 is 1. The van der Waals surface area contributed by atoms with E-state index in [2.05, 4.69) is 10.0 Å². The topological polar surface area (TPSA) is 84.5 Å². The Morgan fingerprint density at radius 1 is 0.970 bits per heavy atom. The minimum Gasteiger partial charge on any atom is -0.497 e. The van der Waals surface area contributed by atoms with Crippen molar-refractivity contribution in [3.8, 4) is 16.9 Å². The van der Waals surface area contributed by atoms with Gasteiger partial charge in [-0.1, -0.05) is 50.2 Å². The summed E-state index contributed by atoms with van der Waals surface area (Å²) in [4.78, 5) is 12.8. The molecule has 0 aliphatic carbocycles. The van der Waals surface area contributed by atoms with Gasteiger partial charge in [0.05, 0.1) is 12.0 Å². The standard InChI is InChI=1S/C25H27FN2O4S/c1-17(2)24(25(29)27-16-18-5-4-6-22(15-18)32-3)28-33(30,31)23-13-9-20(10-14-23)19-7-11-21(26)12-8-19/h4-15,17,24,28H,16H2,1-3H3,(H,27,29)/t24-/m0/s1. The van der Waals surface area contributed by atoms with Gasteiger partial charge in [-0.25, -0.2) is 12.8 Å². The van der Waals surface area contributed by atoms with Crippen LogP contribution in [0.2, 0.25) is 0 Å². The molecule has 0 bridgehead atoms. The molecule has 3 rings (SSSR count). The van der Waals surface area contributed by atoms with Crippen molar-refractivity contribution >= 4 is 15.9 Å². The lowest BCUT2D eigenvalue weighted by atomic mass is 10.0. The maximum absolute atomic E-state index is 13.1. The van der Waals surface area contributed by atoms with Crippen molar-refractivity contribution in [1.82, 2.24) is 10.0 Å². The van der Waals surface area contributed by atoms with E-state index < -0.39 is 22.0 Å². The number of benzene rings is 3. The summed E-state index contributed by atoms with van der Waals surface area (Å²) in [5.74, 6) is -0.360. The van der Waals surface area contributed by atoms with Crippen molar-refractivity contribution in [2.24, 2.45) is 5.92 Å². The Morgan fingerprint density at radius 2 is 1.58 bits per heavy atom. The van der Waals surface area contributed by atoms with Crippen LogP contribution in [0.1, 0.15) is 19.4 Å². The van der Waals surface area contributed by atoms with Gasteiger partial charge < -0.3 is 10.1 Å². The number of rotatable bonds is 9. The van der Waals surface area contributed by atoms with Crippen LogP contribution in [0.4, 0.5) is 4.39 Å². The maximum Gasteiger partial charge on any atom is 0.241 e. The molecule has 0 saturated carbocycles. The fourth-order valence-electron chi connectivity index (χ4n) is 3.28. The molecule has 6 nitrogen and oxygen atoms in total. The Hall–Kier alpha value is -3.23. The Labute approximate surface area is 193 Å². The number of carbonyl (C=O) groups is 1. The van der Waals surface area contributed by atoms with Crippen LogP contribution in [0, 0.1) is 11.7 Å². The summed E-state index contributed by atoms with van der Waals surface area (Å²) in [6.45, 7) is 3.79. The van der Waals surface area contributed by atoms with E-state index in [0.29, 0.717) is 5.75 Å². The Balaban J connectivity index is 1.70. The van der Waals surface area contributed by atoms with Crippen molar-refractivity contribution in [2.45, 2.75) is 31.3 Å². The maximum atomic E-state index is 13.1. The minimum absolute atomic E-state index is 0.0413. The zero-order valence-corrected chi connectivity index (χ0v) is 19.5. The van der Waals surface area contributed by atoms with Crippen LogP contribution in [0.25, 0.3) is 11.1 Å². The number of ether oxygens (including phenoxy) is 1. The average Bonchev–Trinajstić information content (AvgIpc) is 2.81. The molecule has 0 spiro atoms. The molecule has 0 aromatic heterocycles. The first-order valence-electron chi connectivity index (χ1n) is 10.5. The summed E-state index contributed by atoms with van der Waals surface area (Å²) in [5, 5.41) is 2.79. The molecule has 1 atom stereocenters. The number of nitrogens with one attached hydrogen (secondary N) is 2. The van der Waals surface area contributed by atoms with Crippen LogP contribution in [0.3, 0.4) is 0 Å². The molecule has 2 N–H and O–H groups in total. The third-order valence-electron chi connectivity index (χ3n) is 5.17. The number of sulfonamides is 1. The molecular weight excluding hydrogens is 443 g/mol. The van der Waals surface area contributed by atoms with Crippen LogP contribution in [-0.4, -0.2) is 27.5 Å². The van der Waals surface area contributed by atoms with Gasteiger partial charge in [0.15, 0.2) is 0 Å². The van der Waals surface area contributed by atoms with Gasteiger partial charge in [0.25, 0.3) is 0 Å². The van der Waals surface area contributed by atoms with Gasteiger partial charge >= 0.3 is 0 Å². The predicted octanol–water partition coefficient (Wildman–Crippen LogP) is 4.12. The van der Waals surface area contributed by atoms with Crippen molar-refractivity contribution < 1.29 is 22.3 Å². The lowest BCUT2D eigenvalue weighted by Gasteiger charge is -2.22. The monoisotopic (exact) mass is 470 g/mol. The molecular formula is C25H27FN2O4S. The van der Waals surface area contributed by atoms with Gasteiger partial charge in [-0.2, -0.15) is 4.72 Å². The minimum atomic E-state index is -3.94. The van der Waals surface area contributed by atoms with Gasteiger partial charge in [0.2, 0.25) is 15.9 Å². The van der Waals surface area contributed by atoms with E-state index in [1.54, 1.807) is 57.4 Å². The highest BCUT2D eigenvalue weighted by molar-refractivity contribution is 7.89. The largest absolute Gasteiger partial charge is 0.497 e. The number of halogens is 1. The molecule has 0 saturated heterocycles. The van der Waals surface area contributed by atoms with E-state index in [-0.39, 0.29) is 23.2 Å². The first kappa shape index (κ1) is 24.4. The Morgan fingerprint density at radius 3 is 2.15 bits per heavy atom. The van der Waals surface area contributed by atoms with Gasteiger partial charge in [0, 0.05) is 6.54 Å². The van der Waals surface area contributed by atoms with Crippen LogP contribution in [-0.2, 0) is 21.4 Å². The zero-order valence-electron chi connectivity index (χ0n) is 18.7. The second kappa shape index (κ2) is 10.6. The second-order valence-electron chi connectivity index (χ2n) is 7.94. The highest BCUT2D eigenvalue weighted by Crippen LogP contribution is 2.22. The van der Waals surface area contributed by atoms with Gasteiger partial charge in [0.1, 0.15) is 17.6 Å². The van der Waals surface area contributed by atoms with Crippen LogP contribution in [0.5, 0.6) is 5.75 Å². The number of amides is 1. The lowest BCUT2D eigenvalue weighted by molar-refractivity contribution is -0.123. The quantitative estimate of drug-likeness (QED) is 0.493. The van der Waals surface area contributed by atoms with Gasteiger partial charge in [-0.3, -0.25) is 4.79 Å². The summed E-state index contributed by atoms with van der Waals surface area (Å²) in [5.41, 5.74) is 2.36. The molecule has 3 aromatic rings. The zero-order chi connectivity index (χ0) is 24.0. The second-order valence-corrected chi connectivity index (χ2v) is 9.66. The van der Waals surface area contributed by atoms with Crippen LogP contribution < -0.4 is 14.8 Å². The van der Waals surface area contributed by atoms with Crippen molar-refractivity contribution in [3.05, 3.63) is 84.2 Å². The third kappa shape index (κ3) is 6.40. The average molecular weight is 471 g/mol. The van der Waals surface area contributed by atoms with Gasteiger partial charge in [-0.15, -0.1) is 0 Å². The van der Waals surface area contributed by atoms with Crippen molar-refractivity contribution in [2.75, 3.05) is 7.11 Å². The first-order valence-corrected chi connectivity index (χ1v) is 12.0. The molecule has 1 amide bonds. The predicted molar refractivity (Wildman–Crippen MR) is 126 cm³/mol. The number of carbonyl (C=O) groups excluding carboxylic acids is 1. The smallest absolute Gasteiger partial charge is 0.241 e.